The minimum absolute atomic E-state index is 0.357. The van der Waals surface area contributed by atoms with E-state index in [0.29, 0.717) is 20.5 Å². The monoisotopic (exact) mass is 447 g/mol. The van der Waals surface area contributed by atoms with Crippen molar-refractivity contribution in [1.29, 1.82) is 0 Å². The van der Waals surface area contributed by atoms with E-state index in [-0.39, 0.29) is 5.91 Å². The van der Waals surface area contributed by atoms with Gasteiger partial charge in [-0.25, -0.2) is 4.79 Å². The van der Waals surface area contributed by atoms with E-state index in [2.05, 4.69) is 10.6 Å². The first-order chi connectivity index (χ1) is 13.9. The zero-order valence-corrected chi connectivity index (χ0v) is 18.2. The summed E-state index contributed by atoms with van der Waals surface area (Å²) in [6.07, 6.45) is 2.57. The Morgan fingerprint density at radius 1 is 1.07 bits per heavy atom. The van der Waals surface area contributed by atoms with Crippen LogP contribution in [0.25, 0.3) is 10.1 Å². The molecule has 9 heteroatoms. The third-order valence-electron chi connectivity index (χ3n) is 4.74. The van der Waals surface area contributed by atoms with Crippen LogP contribution in [0.3, 0.4) is 0 Å². The van der Waals surface area contributed by atoms with Gasteiger partial charge in [0.05, 0.1) is 10.6 Å². The van der Waals surface area contributed by atoms with Gasteiger partial charge in [0.2, 0.25) is 0 Å². The maximum atomic E-state index is 13.0. The van der Waals surface area contributed by atoms with Gasteiger partial charge in [-0.1, -0.05) is 29.8 Å². The van der Waals surface area contributed by atoms with E-state index in [1.165, 1.54) is 27.6 Å². The van der Waals surface area contributed by atoms with Crippen molar-refractivity contribution in [3.63, 3.8) is 0 Å². The topological polar surface area (TPSA) is 78.5 Å². The largest absolute Gasteiger partial charge is 0.331 e. The molecule has 0 bridgehead atoms. The summed E-state index contributed by atoms with van der Waals surface area (Å²) in [5.74, 6) is -0.857. The Kier molecular flexibility index (Phi) is 5.33. The van der Waals surface area contributed by atoms with E-state index < -0.39 is 11.9 Å². The highest BCUT2D eigenvalue weighted by molar-refractivity contribution is 7.22. The van der Waals surface area contributed by atoms with Gasteiger partial charge >= 0.3 is 6.03 Å². The van der Waals surface area contributed by atoms with Gasteiger partial charge in [-0.15, -0.1) is 22.7 Å². The molecule has 0 fully saturated rings. The van der Waals surface area contributed by atoms with Crippen molar-refractivity contribution in [2.45, 2.75) is 19.3 Å². The number of imide groups is 1. The fourth-order valence-electron chi connectivity index (χ4n) is 3.32. The number of rotatable bonds is 3. The third kappa shape index (κ3) is 3.63. The summed E-state index contributed by atoms with van der Waals surface area (Å²) < 4.78 is 0.922. The summed E-state index contributed by atoms with van der Waals surface area (Å²) in [4.78, 5) is 40.5. The Balaban J connectivity index is 1.66. The first kappa shape index (κ1) is 19.9. The smallest absolute Gasteiger partial charge is 0.323 e. The lowest BCUT2D eigenvalue weighted by molar-refractivity contribution is 0.0957. The number of anilines is 1. The summed E-state index contributed by atoms with van der Waals surface area (Å²) in [5, 5.41) is 6.92. The number of aryl methyl sites for hydroxylation is 1. The van der Waals surface area contributed by atoms with Gasteiger partial charge in [0, 0.05) is 29.1 Å². The van der Waals surface area contributed by atoms with E-state index in [1.54, 1.807) is 14.1 Å². The highest BCUT2D eigenvalue weighted by Crippen LogP contribution is 2.40. The van der Waals surface area contributed by atoms with Gasteiger partial charge < -0.3 is 10.2 Å². The van der Waals surface area contributed by atoms with Crippen LogP contribution in [0.4, 0.5) is 9.80 Å². The van der Waals surface area contributed by atoms with Gasteiger partial charge in [-0.2, -0.15) is 0 Å². The second-order valence-electron chi connectivity index (χ2n) is 6.91. The van der Waals surface area contributed by atoms with Crippen LogP contribution in [0, 0.1) is 0 Å². The second-order valence-corrected chi connectivity index (χ2v) is 9.45. The predicted molar refractivity (Wildman–Crippen MR) is 118 cm³/mol. The molecule has 2 heterocycles. The Hall–Kier alpha value is -2.42. The van der Waals surface area contributed by atoms with Crippen LogP contribution in [0.2, 0.25) is 5.02 Å². The number of hydrogen-bond acceptors (Lipinski definition) is 5. The number of hydrogen-bond donors (Lipinski definition) is 2. The third-order valence-corrected chi connectivity index (χ3v) is 7.62. The van der Waals surface area contributed by atoms with E-state index in [4.69, 9.17) is 11.6 Å². The fourth-order valence-corrected chi connectivity index (χ4v) is 6.02. The molecule has 2 N–H and O–H groups in total. The van der Waals surface area contributed by atoms with Crippen molar-refractivity contribution < 1.29 is 14.4 Å². The van der Waals surface area contributed by atoms with Crippen molar-refractivity contribution >= 4 is 67.2 Å². The number of urea groups is 1. The summed E-state index contributed by atoms with van der Waals surface area (Å²) in [6, 6.07) is 7.05. The van der Waals surface area contributed by atoms with Gasteiger partial charge in [0.1, 0.15) is 9.88 Å². The van der Waals surface area contributed by atoms with E-state index >= 15 is 0 Å². The molecular weight excluding hydrogens is 430 g/mol. The van der Waals surface area contributed by atoms with Crippen molar-refractivity contribution in [2.75, 3.05) is 19.4 Å². The van der Waals surface area contributed by atoms with Crippen molar-refractivity contribution in [3.8, 4) is 0 Å². The molecular formula is C20H18ClN3O3S2. The van der Waals surface area contributed by atoms with Crippen molar-refractivity contribution in [1.82, 2.24) is 10.2 Å². The lowest BCUT2D eigenvalue weighted by Crippen LogP contribution is -2.39. The van der Waals surface area contributed by atoms with Crippen LogP contribution < -0.4 is 10.6 Å². The standard InChI is InChI=1S/C20H18ClN3O3S2/c1-24(2)20(27)23-17(25)14-10-7-5-9-12(10)29-19(14)22-18(26)16-15(21)11-6-3-4-8-13(11)28-16/h3-4,6,8H,5,7,9H2,1-2H3,(H,22,26)(H,23,25,27). The average molecular weight is 448 g/mol. The molecule has 4 amide bonds. The number of carbonyl (C=O) groups excluding carboxylic acids is 3. The summed E-state index contributed by atoms with van der Waals surface area (Å²) in [7, 11) is 3.12. The summed E-state index contributed by atoms with van der Waals surface area (Å²) in [6.45, 7) is 0. The lowest BCUT2D eigenvalue weighted by atomic mass is 10.1. The van der Waals surface area contributed by atoms with E-state index in [1.807, 2.05) is 24.3 Å². The zero-order valence-electron chi connectivity index (χ0n) is 15.8. The Morgan fingerprint density at radius 2 is 1.83 bits per heavy atom. The first-order valence-electron chi connectivity index (χ1n) is 9.02. The van der Waals surface area contributed by atoms with Crippen LogP contribution in [0.5, 0.6) is 0 Å². The number of thiophene rings is 2. The molecule has 0 aliphatic heterocycles. The molecule has 0 radical (unpaired) electrons. The SMILES string of the molecule is CN(C)C(=O)NC(=O)c1c(NC(=O)c2sc3ccccc3c2Cl)sc2c1CCC2. The highest BCUT2D eigenvalue weighted by Gasteiger charge is 2.29. The Bertz CT molecular complexity index is 1150. The van der Waals surface area contributed by atoms with Crippen LogP contribution in [-0.4, -0.2) is 36.8 Å². The molecule has 0 saturated heterocycles. The summed E-state index contributed by atoms with van der Waals surface area (Å²) in [5.41, 5.74) is 1.29. The quantitative estimate of drug-likeness (QED) is 0.607. The molecule has 1 aliphatic carbocycles. The molecule has 2 aromatic heterocycles. The van der Waals surface area contributed by atoms with Gasteiger partial charge in [-0.3, -0.25) is 14.9 Å². The molecule has 1 aliphatic rings. The van der Waals surface area contributed by atoms with Crippen molar-refractivity contribution in [3.05, 3.63) is 50.2 Å². The number of nitrogens with one attached hydrogen (secondary N) is 2. The maximum Gasteiger partial charge on any atom is 0.323 e. The molecule has 3 aromatic rings. The molecule has 6 nitrogen and oxygen atoms in total. The highest BCUT2D eigenvalue weighted by atomic mass is 35.5. The molecule has 4 rings (SSSR count). The molecule has 1 aromatic carbocycles. The Labute approximate surface area is 180 Å². The number of nitrogens with zero attached hydrogens (tertiary/aromatic N) is 1. The predicted octanol–water partition coefficient (Wildman–Crippen LogP) is 4.77. The maximum absolute atomic E-state index is 13.0. The first-order valence-corrected chi connectivity index (χ1v) is 11.0. The van der Waals surface area contributed by atoms with Crippen LogP contribution >= 0.6 is 34.3 Å². The minimum atomic E-state index is -0.502. The number of halogens is 1. The normalized spacial score (nSPS) is 12.7. The van der Waals surface area contributed by atoms with E-state index in [0.717, 1.165) is 39.8 Å². The molecule has 150 valence electrons. The number of carbonyl (C=O) groups is 3. The van der Waals surface area contributed by atoms with E-state index in [9.17, 15) is 14.4 Å². The second kappa shape index (κ2) is 7.78. The molecule has 0 atom stereocenters. The average Bonchev–Trinajstić information content (AvgIpc) is 3.34. The van der Waals surface area contributed by atoms with Crippen LogP contribution in [-0.2, 0) is 12.8 Å². The van der Waals surface area contributed by atoms with Crippen molar-refractivity contribution in [2.24, 2.45) is 0 Å². The number of benzene rings is 1. The number of fused-ring (bicyclic) bond motifs is 2. The number of amides is 4. The lowest BCUT2D eigenvalue weighted by Gasteiger charge is -2.12. The Morgan fingerprint density at radius 3 is 2.55 bits per heavy atom. The van der Waals surface area contributed by atoms with Crippen LogP contribution in [0.1, 0.15) is 36.9 Å². The zero-order chi connectivity index (χ0) is 20.7. The van der Waals surface area contributed by atoms with Gasteiger partial charge in [0.15, 0.2) is 0 Å². The van der Waals surface area contributed by atoms with Crippen LogP contribution in [0.15, 0.2) is 24.3 Å². The summed E-state index contributed by atoms with van der Waals surface area (Å²) >= 11 is 9.12. The molecule has 0 spiro atoms. The fraction of sp³-hybridized carbons (Fsp3) is 0.250. The van der Waals surface area contributed by atoms with Gasteiger partial charge in [-0.05, 0) is 30.9 Å². The molecule has 0 saturated carbocycles. The molecule has 29 heavy (non-hydrogen) atoms. The van der Waals surface area contributed by atoms with Gasteiger partial charge in [0.25, 0.3) is 11.8 Å². The molecule has 0 unspecified atom stereocenters. The minimum Gasteiger partial charge on any atom is -0.331 e.